The van der Waals surface area contributed by atoms with Gasteiger partial charge in [-0.3, -0.25) is 4.68 Å². The molecule has 1 aromatic carbocycles. The molecule has 0 aliphatic carbocycles. The lowest BCUT2D eigenvalue weighted by molar-refractivity contribution is 0.530. The van der Waals surface area contributed by atoms with Crippen molar-refractivity contribution in [3.05, 3.63) is 53.9 Å². The minimum Gasteiger partial charge on any atom is -0.312 e. The first-order valence-electron chi connectivity index (χ1n) is 5.88. The third-order valence-corrected chi connectivity index (χ3v) is 2.62. The van der Waals surface area contributed by atoms with Gasteiger partial charge in [0, 0.05) is 31.0 Å². The van der Waals surface area contributed by atoms with Crippen LogP contribution in [-0.4, -0.2) is 16.3 Å². The van der Waals surface area contributed by atoms with E-state index in [4.69, 9.17) is 0 Å². The van der Waals surface area contributed by atoms with E-state index in [1.165, 1.54) is 6.07 Å². The highest BCUT2D eigenvalue weighted by atomic mass is 19.1. The Morgan fingerprint density at radius 2 is 2.17 bits per heavy atom. The van der Waals surface area contributed by atoms with E-state index in [0.29, 0.717) is 12.1 Å². The molecule has 0 unspecified atom stereocenters. The average molecular weight is 251 g/mol. The van der Waals surface area contributed by atoms with E-state index in [1.807, 2.05) is 16.9 Å². The summed E-state index contributed by atoms with van der Waals surface area (Å²) >= 11 is 0. The molecule has 0 atom stereocenters. The Bertz CT molecular complexity index is 483. The maximum Gasteiger partial charge on any atom is 0.127 e. The number of hydrogen-bond donors (Lipinski definition) is 1. The van der Waals surface area contributed by atoms with Crippen LogP contribution in [0.2, 0.25) is 0 Å². The molecule has 0 radical (unpaired) electrons. The molecular weight excluding hydrogens is 236 g/mol. The molecule has 0 bridgehead atoms. The maximum atomic E-state index is 13.3. The lowest BCUT2D eigenvalue weighted by Gasteiger charge is -2.06. The molecule has 5 heteroatoms. The summed E-state index contributed by atoms with van der Waals surface area (Å²) in [5, 5.41) is 7.16. The summed E-state index contributed by atoms with van der Waals surface area (Å²) < 4.78 is 28.0. The predicted octanol–water partition coefficient (Wildman–Crippen LogP) is 2.34. The van der Waals surface area contributed by atoms with Crippen LogP contribution in [0.3, 0.4) is 0 Å². The third-order valence-electron chi connectivity index (χ3n) is 2.62. The van der Waals surface area contributed by atoms with Gasteiger partial charge in [0.15, 0.2) is 0 Å². The molecule has 0 saturated heterocycles. The lowest BCUT2D eigenvalue weighted by atomic mass is 10.2. The molecule has 0 aliphatic heterocycles. The van der Waals surface area contributed by atoms with Crippen LogP contribution in [0, 0.1) is 11.6 Å². The summed E-state index contributed by atoms with van der Waals surface area (Å²) in [6.45, 7) is 1.88. The van der Waals surface area contributed by atoms with Crippen LogP contribution in [0.15, 0.2) is 36.7 Å². The van der Waals surface area contributed by atoms with Crippen LogP contribution in [0.4, 0.5) is 8.78 Å². The van der Waals surface area contributed by atoms with Crippen LogP contribution in [0.1, 0.15) is 12.0 Å². The number of benzene rings is 1. The zero-order chi connectivity index (χ0) is 12.8. The van der Waals surface area contributed by atoms with Crippen molar-refractivity contribution in [2.75, 3.05) is 6.54 Å². The Balaban J connectivity index is 1.70. The van der Waals surface area contributed by atoms with E-state index in [2.05, 4.69) is 10.4 Å². The first-order valence-corrected chi connectivity index (χ1v) is 5.88. The maximum absolute atomic E-state index is 13.3. The zero-order valence-corrected chi connectivity index (χ0v) is 9.94. The molecule has 0 fully saturated rings. The van der Waals surface area contributed by atoms with Crippen molar-refractivity contribution in [3.8, 4) is 0 Å². The second-order valence-electron chi connectivity index (χ2n) is 4.04. The normalized spacial score (nSPS) is 10.8. The van der Waals surface area contributed by atoms with Crippen LogP contribution >= 0.6 is 0 Å². The Kier molecular flexibility index (Phi) is 4.41. The van der Waals surface area contributed by atoms with Gasteiger partial charge in [-0.25, -0.2) is 8.78 Å². The summed E-state index contributed by atoms with van der Waals surface area (Å²) in [6, 6.07) is 5.36. The molecule has 0 spiro atoms. The fourth-order valence-electron chi connectivity index (χ4n) is 1.70. The first kappa shape index (κ1) is 12.7. The molecule has 1 aromatic heterocycles. The fraction of sp³-hybridized carbons (Fsp3) is 0.308. The van der Waals surface area contributed by atoms with E-state index in [9.17, 15) is 8.78 Å². The van der Waals surface area contributed by atoms with Crippen molar-refractivity contribution in [2.24, 2.45) is 0 Å². The van der Waals surface area contributed by atoms with Gasteiger partial charge < -0.3 is 5.32 Å². The highest BCUT2D eigenvalue weighted by Gasteiger charge is 2.02. The van der Waals surface area contributed by atoms with Gasteiger partial charge in [0.25, 0.3) is 0 Å². The Morgan fingerprint density at radius 1 is 1.28 bits per heavy atom. The lowest BCUT2D eigenvalue weighted by Crippen LogP contribution is -2.17. The number of halogens is 2. The topological polar surface area (TPSA) is 29.9 Å². The van der Waals surface area contributed by atoms with E-state index >= 15 is 0 Å². The quantitative estimate of drug-likeness (QED) is 0.799. The van der Waals surface area contributed by atoms with Crippen molar-refractivity contribution in [3.63, 3.8) is 0 Å². The van der Waals surface area contributed by atoms with Gasteiger partial charge in [0.2, 0.25) is 0 Å². The molecule has 1 heterocycles. The molecule has 3 nitrogen and oxygen atoms in total. The van der Waals surface area contributed by atoms with Crippen LogP contribution in [0.5, 0.6) is 0 Å². The third kappa shape index (κ3) is 3.63. The number of nitrogens with zero attached hydrogens (tertiary/aromatic N) is 2. The Hall–Kier alpha value is -1.75. The van der Waals surface area contributed by atoms with E-state index in [0.717, 1.165) is 31.6 Å². The highest BCUT2D eigenvalue weighted by molar-refractivity contribution is 5.18. The van der Waals surface area contributed by atoms with Crippen LogP contribution < -0.4 is 5.32 Å². The molecule has 1 N–H and O–H groups in total. The molecule has 0 saturated carbocycles. The number of nitrogens with one attached hydrogen (secondary N) is 1. The summed E-state index contributed by atoms with van der Waals surface area (Å²) in [4.78, 5) is 0. The summed E-state index contributed by atoms with van der Waals surface area (Å²) in [5.41, 5.74) is 0.356. The van der Waals surface area contributed by atoms with Gasteiger partial charge in [-0.05, 0) is 37.2 Å². The van der Waals surface area contributed by atoms with Crippen molar-refractivity contribution >= 4 is 0 Å². The summed E-state index contributed by atoms with van der Waals surface area (Å²) in [5.74, 6) is -0.791. The van der Waals surface area contributed by atoms with Crippen molar-refractivity contribution in [1.82, 2.24) is 15.1 Å². The molecular formula is C13H15F2N3. The minimum atomic E-state index is -0.412. The van der Waals surface area contributed by atoms with Crippen molar-refractivity contribution < 1.29 is 8.78 Å². The number of hydrogen-bond acceptors (Lipinski definition) is 2. The molecule has 0 amide bonds. The smallest absolute Gasteiger partial charge is 0.127 e. The van der Waals surface area contributed by atoms with Gasteiger partial charge in [-0.2, -0.15) is 5.10 Å². The average Bonchev–Trinajstić information content (AvgIpc) is 2.86. The summed E-state index contributed by atoms with van der Waals surface area (Å²) in [6.07, 6.45) is 4.51. The second-order valence-corrected chi connectivity index (χ2v) is 4.04. The predicted molar refractivity (Wildman–Crippen MR) is 64.9 cm³/mol. The molecule has 0 aliphatic rings. The van der Waals surface area contributed by atoms with Gasteiger partial charge in [0.1, 0.15) is 11.6 Å². The van der Waals surface area contributed by atoms with E-state index in [1.54, 1.807) is 6.20 Å². The molecule has 18 heavy (non-hydrogen) atoms. The van der Waals surface area contributed by atoms with Crippen LogP contribution in [0.25, 0.3) is 0 Å². The van der Waals surface area contributed by atoms with Gasteiger partial charge in [0.05, 0.1) is 0 Å². The fourth-order valence-corrected chi connectivity index (χ4v) is 1.70. The van der Waals surface area contributed by atoms with Crippen molar-refractivity contribution in [2.45, 2.75) is 19.5 Å². The monoisotopic (exact) mass is 251 g/mol. The van der Waals surface area contributed by atoms with Gasteiger partial charge in [-0.15, -0.1) is 0 Å². The first-order chi connectivity index (χ1) is 8.75. The van der Waals surface area contributed by atoms with E-state index < -0.39 is 5.82 Å². The molecule has 2 rings (SSSR count). The second kappa shape index (κ2) is 6.26. The molecule has 2 aromatic rings. The molecule has 96 valence electrons. The summed E-state index contributed by atoms with van der Waals surface area (Å²) in [7, 11) is 0. The zero-order valence-electron chi connectivity index (χ0n) is 9.94. The standard InChI is InChI=1S/C13H15F2N3/c14-12-3-4-13(15)11(9-12)10-16-5-1-7-18-8-2-6-17-18/h2-4,6,8-9,16H,1,5,7,10H2. The van der Waals surface area contributed by atoms with Crippen molar-refractivity contribution in [1.29, 1.82) is 0 Å². The van der Waals surface area contributed by atoms with Crippen LogP contribution in [-0.2, 0) is 13.1 Å². The van der Waals surface area contributed by atoms with E-state index in [-0.39, 0.29) is 5.82 Å². The number of aromatic nitrogens is 2. The number of rotatable bonds is 6. The Morgan fingerprint density at radius 3 is 2.94 bits per heavy atom. The highest BCUT2D eigenvalue weighted by Crippen LogP contribution is 2.09. The number of aryl methyl sites for hydroxylation is 1. The van der Waals surface area contributed by atoms with Gasteiger partial charge >= 0.3 is 0 Å². The largest absolute Gasteiger partial charge is 0.312 e. The Labute approximate surface area is 104 Å². The minimum absolute atomic E-state index is 0.336. The van der Waals surface area contributed by atoms with Gasteiger partial charge in [-0.1, -0.05) is 0 Å². The SMILES string of the molecule is Fc1ccc(F)c(CNCCCn2cccn2)c1.